The van der Waals surface area contributed by atoms with Gasteiger partial charge in [-0.3, -0.25) is 0 Å². The first-order valence-electron chi connectivity index (χ1n) is 32.4. The molecule has 94 heavy (non-hydrogen) atoms. The van der Waals surface area contributed by atoms with Gasteiger partial charge in [0.25, 0.3) is 0 Å². The predicted molar refractivity (Wildman–Crippen MR) is 391 cm³/mol. The molecule has 0 unspecified atom stereocenters. The summed E-state index contributed by atoms with van der Waals surface area (Å²) in [5.74, 6) is 1.09. The van der Waals surface area contributed by atoms with E-state index in [4.69, 9.17) is 19.9 Å². The Morgan fingerprint density at radius 2 is 0.511 bits per heavy atom. The molecular weight excluding hydrogens is 1140 g/mol. The molecule has 7 nitrogen and oxygen atoms in total. The molecule has 12 aromatic carbocycles. The van der Waals surface area contributed by atoms with Crippen molar-refractivity contribution in [3.05, 3.63) is 318 Å². The molecule has 17 aromatic rings. The van der Waals surface area contributed by atoms with Crippen molar-refractivity contribution < 1.29 is 0 Å². The molecule has 0 fully saturated rings. The lowest BCUT2D eigenvalue weighted by Gasteiger charge is -2.30. The summed E-state index contributed by atoms with van der Waals surface area (Å²) in [5.41, 5.74) is 26.8. The number of hydrogen-bond donors (Lipinski definition) is 0. The fourth-order valence-electron chi connectivity index (χ4n) is 14.5. The van der Waals surface area contributed by atoms with Crippen LogP contribution in [0.4, 0.5) is 0 Å². The van der Waals surface area contributed by atoms with Crippen LogP contribution in [0.2, 0.25) is 0 Å². The fraction of sp³-hybridized carbons (Fsp3) is 0.0805. The van der Waals surface area contributed by atoms with Crippen LogP contribution in [0.3, 0.4) is 0 Å². The summed E-state index contributed by atoms with van der Waals surface area (Å²) in [6.45, 7) is 13.2. The normalized spacial score (nSPS) is 11.8. The Hall–Kier alpha value is -11.8. The lowest BCUT2D eigenvalue weighted by molar-refractivity contribution is 1.02. The SMILES string of the molecule is Cc1ccc2c(c1)c1cc(C)ccc1n2-c1c(-c2ccccc2)c(-n2c3ccc(C)cc3c3cc(C)ccc32)c(-c2nc(-c3ccccc3)cc(-c3ccccc3)n2)c(-n2c3ccc(C)cc3c3cc(C)ccc32)c1-c1nc(Cc2ccccc2)cc(-c2ccccc2)n1. The third-order valence-corrected chi connectivity index (χ3v) is 18.8. The van der Waals surface area contributed by atoms with Gasteiger partial charge in [0.1, 0.15) is 0 Å². The second kappa shape index (κ2) is 22.5. The van der Waals surface area contributed by atoms with Crippen LogP contribution in [0.25, 0.3) is 150 Å². The molecule has 0 spiro atoms. The van der Waals surface area contributed by atoms with Crippen LogP contribution < -0.4 is 0 Å². The van der Waals surface area contributed by atoms with Crippen molar-refractivity contribution in [2.75, 3.05) is 0 Å². The Labute approximate surface area is 546 Å². The van der Waals surface area contributed by atoms with Crippen molar-refractivity contribution in [1.82, 2.24) is 33.6 Å². The van der Waals surface area contributed by atoms with Gasteiger partial charge in [-0.15, -0.1) is 0 Å². The van der Waals surface area contributed by atoms with E-state index in [0.717, 1.165) is 161 Å². The van der Waals surface area contributed by atoms with E-state index in [1.54, 1.807) is 0 Å². The van der Waals surface area contributed by atoms with Gasteiger partial charge in [0.2, 0.25) is 0 Å². The van der Waals surface area contributed by atoms with Gasteiger partial charge in [-0.05, 0) is 138 Å². The number of hydrogen-bond acceptors (Lipinski definition) is 4. The number of benzene rings is 12. The van der Waals surface area contributed by atoms with Crippen molar-refractivity contribution in [3.8, 4) is 84.7 Å². The van der Waals surface area contributed by atoms with Gasteiger partial charge >= 0.3 is 0 Å². The smallest absolute Gasteiger partial charge is 0.164 e. The number of rotatable bonds is 11. The zero-order valence-electron chi connectivity index (χ0n) is 53.3. The second-order valence-corrected chi connectivity index (χ2v) is 25.5. The number of fused-ring (bicyclic) bond motifs is 9. The van der Waals surface area contributed by atoms with Crippen LogP contribution in [-0.2, 0) is 6.42 Å². The minimum atomic E-state index is 0.538. The monoisotopic (exact) mass is 1210 g/mol. The zero-order chi connectivity index (χ0) is 63.3. The fourth-order valence-corrected chi connectivity index (χ4v) is 14.5. The van der Waals surface area contributed by atoms with Crippen LogP contribution >= 0.6 is 0 Å². The molecule has 448 valence electrons. The Balaban J connectivity index is 1.23. The Kier molecular flexibility index (Phi) is 13.5. The maximum Gasteiger partial charge on any atom is 0.164 e. The Morgan fingerprint density at radius 1 is 0.245 bits per heavy atom. The summed E-state index contributed by atoms with van der Waals surface area (Å²) in [7, 11) is 0. The molecule has 0 aliphatic carbocycles. The first-order chi connectivity index (χ1) is 46.1. The third-order valence-electron chi connectivity index (χ3n) is 18.8. The van der Waals surface area contributed by atoms with Gasteiger partial charge in [-0.2, -0.15) is 0 Å². The molecule has 5 heterocycles. The maximum absolute atomic E-state index is 6.07. The molecule has 0 saturated heterocycles. The first-order valence-corrected chi connectivity index (χ1v) is 32.4. The van der Waals surface area contributed by atoms with Gasteiger partial charge in [-0.25, -0.2) is 19.9 Å². The van der Waals surface area contributed by atoms with E-state index < -0.39 is 0 Å². The molecular formula is C87H65N7. The van der Waals surface area contributed by atoms with E-state index in [1.807, 2.05) is 0 Å². The summed E-state index contributed by atoms with van der Waals surface area (Å²) >= 11 is 0. The van der Waals surface area contributed by atoms with Crippen LogP contribution in [0, 0.1) is 41.5 Å². The summed E-state index contributed by atoms with van der Waals surface area (Å²) in [6, 6.07) is 99.5. The molecule has 17 rings (SSSR count). The highest BCUT2D eigenvalue weighted by atomic mass is 15.1. The van der Waals surface area contributed by atoms with E-state index >= 15 is 0 Å². The molecule has 0 aliphatic rings. The van der Waals surface area contributed by atoms with Gasteiger partial charge < -0.3 is 13.7 Å². The van der Waals surface area contributed by atoms with E-state index in [9.17, 15) is 0 Å². The third kappa shape index (κ3) is 9.49. The van der Waals surface area contributed by atoms with Gasteiger partial charge in [0.05, 0.1) is 78.4 Å². The van der Waals surface area contributed by atoms with Crippen LogP contribution in [-0.4, -0.2) is 33.6 Å². The molecule has 0 amide bonds. The van der Waals surface area contributed by atoms with Gasteiger partial charge in [0.15, 0.2) is 11.6 Å². The molecule has 0 saturated carbocycles. The van der Waals surface area contributed by atoms with E-state index in [2.05, 4.69) is 328 Å². The number of aryl methyl sites for hydroxylation is 6. The largest absolute Gasteiger partial charge is 0.308 e. The summed E-state index contributed by atoms with van der Waals surface area (Å²) in [6.07, 6.45) is 0.558. The quantitative estimate of drug-likeness (QED) is 0.129. The van der Waals surface area contributed by atoms with Crippen LogP contribution in [0.15, 0.2) is 273 Å². The minimum absolute atomic E-state index is 0.538. The summed E-state index contributed by atoms with van der Waals surface area (Å²) in [5, 5.41) is 6.85. The van der Waals surface area contributed by atoms with Crippen molar-refractivity contribution in [2.24, 2.45) is 0 Å². The number of nitrogens with zero attached hydrogens (tertiary/aromatic N) is 7. The van der Waals surface area contributed by atoms with Crippen molar-refractivity contribution in [2.45, 2.75) is 48.0 Å². The Morgan fingerprint density at radius 3 is 0.830 bits per heavy atom. The number of aromatic nitrogens is 7. The molecule has 0 radical (unpaired) electrons. The van der Waals surface area contributed by atoms with Crippen molar-refractivity contribution in [1.29, 1.82) is 0 Å². The minimum Gasteiger partial charge on any atom is -0.308 e. The van der Waals surface area contributed by atoms with Crippen molar-refractivity contribution >= 4 is 65.4 Å². The zero-order valence-corrected chi connectivity index (χ0v) is 53.3. The highest BCUT2D eigenvalue weighted by Crippen LogP contribution is 2.55. The average Bonchev–Trinajstić information content (AvgIpc) is 1.37. The van der Waals surface area contributed by atoms with E-state index in [1.165, 1.54) is 22.3 Å². The molecule has 0 bridgehead atoms. The van der Waals surface area contributed by atoms with E-state index in [-0.39, 0.29) is 0 Å². The highest BCUT2D eigenvalue weighted by Gasteiger charge is 2.37. The second-order valence-electron chi connectivity index (χ2n) is 25.5. The van der Waals surface area contributed by atoms with Gasteiger partial charge in [0, 0.05) is 66.7 Å². The molecule has 0 aliphatic heterocycles. The standard InChI is InChI=1S/C87H65N7/c1-53-32-38-74-65(44-53)66-45-54(2)33-39-75(66)92(74)83-80(63-30-20-11-21-31-63)84(93-76-40-34-55(3)46-67(76)68-47-56(4)35-41-77(68)93)82(87-90-72(61-26-16-9-17-27-61)52-73(91-87)62-28-18-10-19-29-62)85(94-78-42-36-57(5)48-69(78)70-49-58(6)37-43-79(70)94)81(83)86-88-64(50-59-22-12-7-13-23-59)51-71(89-86)60-24-14-8-15-25-60/h7-49,51-52H,50H2,1-6H3. The lowest BCUT2D eigenvalue weighted by Crippen LogP contribution is -2.15. The van der Waals surface area contributed by atoms with Crippen molar-refractivity contribution in [3.63, 3.8) is 0 Å². The molecule has 5 aromatic heterocycles. The Bertz CT molecular complexity index is 5630. The maximum atomic E-state index is 6.07. The van der Waals surface area contributed by atoms with Gasteiger partial charge in [-0.1, -0.05) is 221 Å². The molecule has 0 atom stereocenters. The summed E-state index contributed by atoms with van der Waals surface area (Å²) in [4.78, 5) is 24.2. The lowest BCUT2D eigenvalue weighted by atomic mass is 9.89. The first kappa shape index (κ1) is 56.2. The summed E-state index contributed by atoms with van der Waals surface area (Å²) < 4.78 is 7.62. The van der Waals surface area contributed by atoms with Crippen LogP contribution in [0.1, 0.15) is 44.6 Å². The average molecular weight is 1210 g/mol. The molecule has 7 heteroatoms. The molecule has 0 N–H and O–H groups in total. The highest BCUT2D eigenvalue weighted by molar-refractivity contribution is 6.18. The van der Waals surface area contributed by atoms with E-state index in [0.29, 0.717) is 18.1 Å². The van der Waals surface area contributed by atoms with Crippen LogP contribution in [0.5, 0.6) is 0 Å². The predicted octanol–water partition coefficient (Wildman–Crippen LogP) is 22.0. The topological polar surface area (TPSA) is 66.3 Å².